The predicted octanol–water partition coefficient (Wildman–Crippen LogP) is 4.08. The van der Waals surface area contributed by atoms with Crippen LogP contribution >= 0.6 is 0 Å². The van der Waals surface area contributed by atoms with Crippen LogP contribution < -0.4 is 11.2 Å². The lowest BCUT2D eigenvalue weighted by atomic mass is 10.1. The van der Waals surface area contributed by atoms with Gasteiger partial charge in [-0.1, -0.05) is 72.8 Å². The zero-order valence-corrected chi connectivity index (χ0v) is 21.3. The third-order valence-corrected chi connectivity index (χ3v) is 6.40. The number of nitrogens with one attached hydrogen (secondary N) is 1. The van der Waals surface area contributed by atoms with Crippen molar-refractivity contribution in [2.75, 3.05) is 6.61 Å². The zero-order chi connectivity index (χ0) is 27.9. The van der Waals surface area contributed by atoms with Crippen molar-refractivity contribution in [2.24, 2.45) is 0 Å². The molecule has 0 amide bonds. The molecular formula is C31H26N2O7. The van der Waals surface area contributed by atoms with Gasteiger partial charge in [0.05, 0.1) is 16.7 Å². The van der Waals surface area contributed by atoms with E-state index in [-0.39, 0.29) is 18.6 Å². The summed E-state index contributed by atoms with van der Waals surface area (Å²) in [5.41, 5.74) is 0.602. The molecule has 4 aromatic rings. The van der Waals surface area contributed by atoms with Crippen molar-refractivity contribution in [2.45, 2.75) is 24.9 Å². The van der Waals surface area contributed by atoms with E-state index >= 15 is 0 Å². The first-order chi connectivity index (χ1) is 19.5. The van der Waals surface area contributed by atoms with Gasteiger partial charge < -0.3 is 14.2 Å². The number of aromatic amines is 1. The second-order valence-corrected chi connectivity index (χ2v) is 9.13. The van der Waals surface area contributed by atoms with E-state index in [0.29, 0.717) is 11.1 Å². The van der Waals surface area contributed by atoms with E-state index in [1.165, 1.54) is 10.8 Å². The highest BCUT2D eigenvalue weighted by Crippen LogP contribution is 2.31. The topological polar surface area (TPSA) is 117 Å². The molecule has 0 spiro atoms. The van der Waals surface area contributed by atoms with Crippen LogP contribution in [-0.4, -0.2) is 40.3 Å². The van der Waals surface area contributed by atoms with Gasteiger partial charge in [-0.15, -0.1) is 0 Å². The third-order valence-electron chi connectivity index (χ3n) is 6.40. The van der Waals surface area contributed by atoms with Crippen LogP contribution in [0.4, 0.5) is 0 Å². The third kappa shape index (κ3) is 6.33. The van der Waals surface area contributed by atoms with E-state index in [1.54, 1.807) is 72.8 Å². The average molecular weight is 539 g/mol. The molecule has 2 heterocycles. The van der Waals surface area contributed by atoms with Crippen molar-refractivity contribution in [3.63, 3.8) is 0 Å². The molecule has 9 nitrogen and oxygen atoms in total. The number of benzene rings is 3. The minimum Gasteiger partial charge on any atom is -0.459 e. The van der Waals surface area contributed by atoms with Gasteiger partial charge in [0.25, 0.3) is 5.56 Å². The molecule has 0 unspecified atom stereocenters. The standard InChI is InChI=1S/C31H26N2O7/c34-28-24(17-16-21-10-4-1-5-11-21)19-33(31(37)32-28)27-18-25(40-30(36)23-14-8-3-9-15-23)26(39-27)20-38-29(35)22-12-6-2-7-13-22/h1-17,19,25-27H,18,20H2,(H,32,34,37)/b17-16+/t25-,26+,27+/m0/s1. The number of carbonyl (C=O) groups is 2. The van der Waals surface area contributed by atoms with E-state index in [1.807, 2.05) is 30.3 Å². The highest BCUT2D eigenvalue weighted by molar-refractivity contribution is 5.90. The summed E-state index contributed by atoms with van der Waals surface area (Å²) in [7, 11) is 0. The fraction of sp³-hybridized carbons (Fsp3) is 0.161. The van der Waals surface area contributed by atoms with Crippen molar-refractivity contribution in [3.05, 3.63) is 140 Å². The SMILES string of the molecule is O=C(OC[C@H]1O[C@@H](n2cc(/C=C/c3ccccc3)c(=O)[nH]c2=O)C[C@@H]1OC(=O)c1ccccc1)c1ccccc1. The van der Waals surface area contributed by atoms with E-state index in [2.05, 4.69) is 4.98 Å². The van der Waals surface area contributed by atoms with Crippen molar-refractivity contribution >= 4 is 24.1 Å². The summed E-state index contributed by atoms with van der Waals surface area (Å²) in [4.78, 5) is 52.9. The molecule has 1 aromatic heterocycles. The van der Waals surface area contributed by atoms with E-state index in [0.717, 1.165) is 5.56 Å². The van der Waals surface area contributed by atoms with Crippen LogP contribution in [0, 0.1) is 0 Å². The molecule has 0 radical (unpaired) electrons. The summed E-state index contributed by atoms with van der Waals surface area (Å²) < 4.78 is 18.5. The van der Waals surface area contributed by atoms with E-state index < -0.39 is 41.6 Å². The Morgan fingerprint density at radius 2 is 1.45 bits per heavy atom. The predicted molar refractivity (Wildman–Crippen MR) is 148 cm³/mol. The smallest absolute Gasteiger partial charge is 0.338 e. The largest absolute Gasteiger partial charge is 0.459 e. The van der Waals surface area contributed by atoms with Gasteiger partial charge in [-0.3, -0.25) is 14.3 Å². The number of carbonyl (C=O) groups excluding carboxylic acids is 2. The minimum atomic E-state index is -0.887. The van der Waals surface area contributed by atoms with Crippen LogP contribution in [0.3, 0.4) is 0 Å². The second-order valence-electron chi connectivity index (χ2n) is 9.13. The van der Waals surface area contributed by atoms with Crippen LogP contribution in [0.15, 0.2) is 107 Å². The summed E-state index contributed by atoms with van der Waals surface area (Å²) in [5, 5.41) is 0. The van der Waals surface area contributed by atoms with Gasteiger partial charge in [-0.25, -0.2) is 14.4 Å². The Kier molecular flexibility index (Phi) is 8.13. The number of aromatic nitrogens is 2. The van der Waals surface area contributed by atoms with Crippen LogP contribution in [0.2, 0.25) is 0 Å². The summed E-state index contributed by atoms with van der Waals surface area (Å²) in [5.74, 6) is -1.13. The average Bonchev–Trinajstić information content (AvgIpc) is 3.38. The van der Waals surface area contributed by atoms with E-state index in [9.17, 15) is 19.2 Å². The maximum atomic E-state index is 12.8. The van der Waals surface area contributed by atoms with Crippen molar-refractivity contribution < 1.29 is 23.8 Å². The lowest BCUT2D eigenvalue weighted by Crippen LogP contribution is -2.33. The van der Waals surface area contributed by atoms with Gasteiger partial charge in [0.1, 0.15) is 25.0 Å². The highest BCUT2D eigenvalue weighted by Gasteiger charge is 2.40. The molecule has 0 saturated carbocycles. The number of ether oxygens (including phenoxy) is 3. The zero-order valence-electron chi connectivity index (χ0n) is 21.3. The fourth-order valence-electron chi connectivity index (χ4n) is 4.32. The molecular weight excluding hydrogens is 512 g/mol. The monoisotopic (exact) mass is 538 g/mol. The molecule has 3 atom stereocenters. The lowest BCUT2D eigenvalue weighted by Gasteiger charge is -2.19. The first-order valence-corrected chi connectivity index (χ1v) is 12.7. The Morgan fingerprint density at radius 1 is 0.850 bits per heavy atom. The number of nitrogens with zero attached hydrogens (tertiary/aromatic N) is 1. The molecule has 1 saturated heterocycles. The molecule has 0 aliphatic carbocycles. The summed E-state index contributed by atoms with van der Waals surface area (Å²) in [6, 6.07) is 26.3. The normalized spacial score (nSPS) is 18.4. The first-order valence-electron chi connectivity index (χ1n) is 12.7. The summed E-state index contributed by atoms with van der Waals surface area (Å²) in [6.07, 6.45) is 2.29. The summed E-state index contributed by atoms with van der Waals surface area (Å²) in [6.45, 7) is -0.212. The Balaban J connectivity index is 1.38. The number of rotatable bonds is 8. The quantitative estimate of drug-likeness (QED) is 0.336. The van der Waals surface area contributed by atoms with Crippen LogP contribution in [-0.2, 0) is 14.2 Å². The molecule has 1 aliphatic rings. The maximum absolute atomic E-state index is 12.8. The molecule has 1 N–H and O–H groups in total. The Hall–Kier alpha value is -5.02. The fourth-order valence-corrected chi connectivity index (χ4v) is 4.32. The maximum Gasteiger partial charge on any atom is 0.338 e. The minimum absolute atomic E-state index is 0.0971. The van der Waals surface area contributed by atoms with Gasteiger partial charge in [0.2, 0.25) is 0 Å². The molecule has 0 bridgehead atoms. The van der Waals surface area contributed by atoms with Crippen LogP contribution in [0.1, 0.15) is 44.5 Å². The van der Waals surface area contributed by atoms with Crippen molar-refractivity contribution in [1.82, 2.24) is 9.55 Å². The Morgan fingerprint density at radius 3 is 2.10 bits per heavy atom. The highest BCUT2D eigenvalue weighted by atomic mass is 16.6. The summed E-state index contributed by atoms with van der Waals surface area (Å²) >= 11 is 0. The number of H-pyrrole nitrogens is 1. The molecule has 5 rings (SSSR count). The van der Waals surface area contributed by atoms with Crippen LogP contribution in [0.25, 0.3) is 12.2 Å². The van der Waals surface area contributed by atoms with Crippen LogP contribution in [0.5, 0.6) is 0 Å². The van der Waals surface area contributed by atoms with Crippen molar-refractivity contribution in [3.8, 4) is 0 Å². The number of hydrogen-bond acceptors (Lipinski definition) is 7. The van der Waals surface area contributed by atoms with Gasteiger partial charge in [0, 0.05) is 12.6 Å². The molecule has 202 valence electrons. The van der Waals surface area contributed by atoms with Gasteiger partial charge in [0.15, 0.2) is 0 Å². The molecule has 9 heteroatoms. The molecule has 1 fully saturated rings. The van der Waals surface area contributed by atoms with E-state index in [4.69, 9.17) is 14.2 Å². The van der Waals surface area contributed by atoms with Gasteiger partial charge >= 0.3 is 17.6 Å². The van der Waals surface area contributed by atoms with Crippen molar-refractivity contribution in [1.29, 1.82) is 0 Å². The van der Waals surface area contributed by atoms with Gasteiger partial charge in [-0.2, -0.15) is 0 Å². The molecule has 40 heavy (non-hydrogen) atoms. The number of esters is 2. The Labute approximate surface area is 229 Å². The lowest BCUT2D eigenvalue weighted by molar-refractivity contribution is -0.0582. The second kappa shape index (κ2) is 12.2. The van der Waals surface area contributed by atoms with Gasteiger partial charge in [-0.05, 0) is 35.9 Å². The first kappa shape index (κ1) is 26.6. The number of hydrogen-bond donors (Lipinski definition) is 1. The molecule has 3 aromatic carbocycles. The Bertz CT molecular complexity index is 1610. The molecule has 1 aliphatic heterocycles.